The van der Waals surface area contributed by atoms with Crippen LogP contribution in [0.5, 0.6) is 0 Å². The molecule has 40 heavy (non-hydrogen) atoms. The van der Waals surface area contributed by atoms with Crippen LogP contribution < -0.4 is 11.1 Å². The second kappa shape index (κ2) is 13.7. The molecule has 212 valence electrons. The lowest BCUT2D eigenvalue weighted by atomic mass is 10.1. The van der Waals surface area contributed by atoms with E-state index in [0.717, 1.165) is 34.5 Å². The van der Waals surface area contributed by atoms with Gasteiger partial charge in [-0.3, -0.25) is 15.1 Å². The fourth-order valence-electron chi connectivity index (χ4n) is 4.54. The monoisotopic (exact) mass is 561 g/mol. The minimum Gasteiger partial charge on any atom is -0.397 e. The minimum atomic E-state index is -0.195. The largest absolute Gasteiger partial charge is 0.397 e. The highest BCUT2D eigenvalue weighted by molar-refractivity contribution is 7.17. The number of aryl methyl sites for hydroxylation is 2. The molecule has 3 N–H and O–H groups in total. The van der Waals surface area contributed by atoms with Crippen molar-refractivity contribution in [1.82, 2.24) is 9.55 Å². The van der Waals surface area contributed by atoms with Crippen LogP contribution in [0, 0.1) is 0 Å². The van der Waals surface area contributed by atoms with Crippen molar-refractivity contribution in [3.8, 4) is 10.4 Å². The number of imidazole rings is 1. The van der Waals surface area contributed by atoms with Crippen LogP contribution in [0.1, 0.15) is 55.8 Å². The highest BCUT2D eigenvalue weighted by atomic mass is 32.1. The number of hydrogen-bond acceptors (Lipinski definition) is 7. The summed E-state index contributed by atoms with van der Waals surface area (Å²) in [7, 11) is 1.69. The van der Waals surface area contributed by atoms with E-state index >= 15 is 0 Å². The molecule has 0 aliphatic heterocycles. The molecule has 0 radical (unpaired) electrons. The van der Waals surface area contributed by atoms with Gasteiger partial charge in [0.25, 0.3) is 5.91 Å². The first-order valence-corrected chi connectivity index (χ1v) is 14.6. The van der Waals surface area contributed by atoms with Crippen molar-refractivity contribution >= 4 is 51.3 Å². The number of aromatic nitrogens is 2. The van der Waals surface area contributed by atoms with Gasteiger partial charge >= 0.3 is 0 Å². The number of hydrogen-bond donors (Lipinski definition) is 2. The van der Waals surface area contributed by atoms with Crippen LogP contribution in [0.2, 0.25) is 0 Å². The lowest BCUT2D eigenvalue weighted by molar-refractivity contribution is 0.102. The van der Waals surface area contributed by atoms with E-state index in [1.807, 2.05) is 49.6 Å². The van der Waals surface area contributed by atoms with Crippen LogP contribution >= 0.6 is 11.3 Å². The zero-order chi connectivity index (χ0) is 28.6. The van der Waals surface area contributed by atoms with Crippen molar-refractivity contribution in [3.63, 3.8) is 0 Å². The molecule has 1 atom stereocenters. The first-order valence-electron chi connectivity index (χ1n) is 13.8. The Kier molecular flexibility index (Phi) is 10.1. The smallest absolute Gasteiger partial charge is 0.268 e. The minimum absolute atomic E-state index is 0.0629. The highest BCUT2D eigenvalue weighted by Crippen LogP contribution is 2.33. The maximum absolute atomic E-state index is 13.4. The van der Waals surface area contributed by atoms with E-state index in [4.69, 9.17) is 25.2 Å². The van der Waals surface area contributed by atoms with Gasteiger partial charge in [0.05, 0.1) is 33.4 Å². The molecule has 4 aromatic rings. The summed E-state index contributed by atoms with van der Waals surface area (Å²) in [6, 6.07) is 16.0. The maximum atomic E-state index is 13.4. The number of thiophene rings is 1. The number of ether oxygens (including phenoxy) is 2. The third-order valence-electron chi connectivity index (χ3n) is 6.74. The van der Waals surface area contributed by atoms with Gasteiger partial charge in [-0.1, -0.05) is 31.2 Å². The summed E-state index contributed by atoms with van der Waals surface area (Å²) in [5.41, 5.74) is 12.5. The molecule has 0 fully saturated rings. The van der Waals surface area contributed by atoms with Gasteiger partial charge in [0.15, 0.2) is 0 Å². The summed E-state index contributed by atoms with van der Waals surface area (Å²) in [6.07, 6.45) is 2.50. The first kappa shape index (κ1) is 29.5. The molecule has 1 unspecified atom stereocenters. The number of nitrogen functional groups attached to an aromatic ring is 1. The Bertz CT molecular complexity index is 1490. The quantitative estimate of drug-likeness (QED) is 0.103. The zero-order valence-corrected chi connectivity index (χ0v) is 24.8. The standard InChI is InChI=1S/C31H39N5O3S/c1-6-22-10-8-11-23(17-22)28-12-13-29(40-28)30(37)35-31-34-26-18-24(32)25(33-20(3)16-21(4)38-5)19-27(26)36(31)14-9-15-39-7-2/h8,10-13,17-19,21H,6-7,9,14-16,32H2,1-5H3,(H,34,35,37)/b33-20+. The van der Waals surface area contributed by atoms with Crippen molar-refractivity contribution in [2.75, 3.05) is 31.4 Å². The Morgan fingerprint density at radius 2 is 2.02 bits per heavy atom. The Labute approximate surface area is 240 Å². The Hall–Kier alpha value is -3.53. The third kappa shape index (κ3) is 7.15. The van der Waals surface area contributed by atoms with Crippen LogP contribution in [0.25, 0.3) is 21.5 Å². The van der Waals surface area contributed by atoms with Crippen LogP contribution in [-0.4, -0.2) is 47.6 Å². The molecule has 2 heterocycles. The van der Waals surface area contributed by atoms with Crippen LogP contribution in [0.3, 0.4) is 0 Å². The molecular formula is C31H39N5O3S. The summed E-state index contributed by atoms with van der Waals surface area (Å²) >= 11 is 1.47. The molecule has 0 aliphatic carbocycles. The molecule has 0 bridgehead atoms. The van der Waals surface area contributed by atoms with E-state index in [9.17, 15) is 4.79 Å². The Morgan fingerprint density at radius 3 is 2.77 bits per heavy atom. The van der Waals surface area contributed by atoms with Gasteiger partial charge in [0, 0.05) is 43.9 Å². The number of nitrogens with one attached hydrogen (secondary N) is 1. The predicted octanol–water partition coefficient (Wildman–Crippen LogP) is 7.11. The number of methoxy groups -OCH3 is 1. The molecule has 2 aromatic carbocycles. The maximum Gasteiger partial charge on any atom is 0.268 e. The van der Waals surface area contributed by atoms with Gasteiger partial charge in [-0.25, -0.2) is 4.98 Å². The van der Waals surface area contributed by atoms with Gasteiger partial charge in [0.2, 0.25) is 5.95 Å². The number of carbonyl (C=O) groups is 1. The lowest BCUT2D eigenvalue weighted by Crippen LogP contribution is -2.15. The van der Waals surface area contributed by atoms with E-state index in [1.165, 1.54) is 16.9 Å². The molecule has 8 nitrogen and oxygen atoms in total. The Morgan fingerprint density at radius 1 is 1.20 bits per heavy atom. The van der Waals surface area contributed by atoms with Gasteiger partial charge in [-0.05, 0) is 69.0 Å². The molecule has 0 spiro atoms. The predicted molar refractivity (Wildman–Crippen MR) is 166 cm³/mol. The van der Waals surface area contributed by atoms with Crippen LogP contribution in [-0.2, 0) is 22.4 Å². The number of amides is 1. The molecular weight excluding hydrogens is 522 g/mol. The molecule has 4 rings (SSSR count). The third-order valence-corrected chi connectivity index (χ3v) is 7.88. The van der Waals surface area contributed by atoms with Gasteiger partial charge in [0.1, 0.15) is 0 Å². The van der Waals surface area contributed by atoms with Crippen LogP contribution in [0.15, 0.2) is 53.5 Å². The van der Waals surface area contributed by atoms with Crippen molar-refractivity contribution in [2.24, 2.45) is 4.99 Å². The molecule has 2 aromatic heterocycles. The summed E-state index contributed by atoms with van der Waals surface area (Å²) in [6.45, 7) is 9.99. The van der Waals surface area contributed by atoms with Gasteiger partial charge in [-0.15, -0.1) is 11.3 Å². The normalized spacial score (nSPS) is 12.7. The molecule has 0 aliphatic rings. The fraction of sp³-hybridized carbons (Fsp3) is 0.387. The SMILES string of the molecule is CCOCCCn1c(NC(=O)c2ccc(-c3cccc(CC)c3)s2)nc2cc(N)c(/N=C(\C)CC(C)OC)cc21. The number of fused-ring (bicyclic) bond motifs is 1. The second-order valence-corrected chi connectivity index (χ2v) is 10.9. The van der Waals surface area contributed by atoms with Gasteiger partial charge < -0.3 is 19.8 Å². The number of carbonyl (C=O) groups excluding carboxylic acids is 1. The van der Waals surface area contributed by atoms with E-state index in [1.54, 1.807) is 7.11 Å². The Balaban J connectivity index is 1.64. The lowest BCUT2D eigenvalue weighted by Gasteiger charge is -2.11. The summed E-state index contributed by atoms with van der Waals surface area (Å²) in [5, 5.41) is 3.05. The summed E-state index contributed by atoms with van der Waals surface area (Å²) in [4.78, 5) is 24.6. The first-order chi connectivity index (χ1) is 19.3. The van der Waals surface area contributed by atoms with E-state index in [2.05, 4.69) is 36.5 Å². The number of aliphatic imine (C=N–C) groups is 1. The second-order valence-electron chi connectivity index (χ2n) is 9.81. The van der Waals surface area contributed by atoms with Crippen molar-refractivity contribution in [1.29, 1.82) is 0 Å². The molecule has 1 amide bonds. The molecule has 9 heteroatoms. The number of rotatable bonds is 13. The van der Waals surface area contributed by atoms with E-state index in [0.29, 0.717) is 53.9 Å². The topological polar surface area (TPSA) is 104 Å². The van der Waals surface area contributed by atoms with Crippen molar-refractivity contribution in [2.45, 2.75) is 59.6 Å². The van der Waals surface area contributed by atoms with E-state index < -0.39 is 0 Å². The van der Waals surface area contributed by atoms with Crippen LogP contribution in [0.4, 0.5) is 17.3 Å². The average molecular weight is 562 g/mol. The van der Waals surface area contributed by atoms with Gasteiger partial charge in [-0.2, -0.15) is 0 Å². The summed E-state index contributed by atoms with van der Waals surface area (Å²) in [5.74, 6) is 0.282. The summed E-state index contributed by atoms with van der Waals surface area (Å²) < 4.78 is 13.0. The molecule has 0 saturated heterocycles. The molecule has 0 saturated carbocycles. The zero-order valence-electron chi connectivity index (χ0n) is 24.0. The van der Waals surface area contributed by atoms with Crippen molar-refractivity contribution in [3.05, 3.63) is 59.0 Å². The average Bonchev–Trinajstić information content (AvgIpc) is 3.56. The van der Waals surface area contributed by atoms with E-state index in [-0.39, 0.29) is 12.0 Å². The number of anilines is 2. The fourth-order valence-corrected chi connectivity index (χ4v) is 5.43. The highest BCUT2D eigenvalue weighted by Gasteiger charge is 2.18. The number of nitrogens with two attached hydrogens (primary N) is 1. The van der Waals surface area contributed by atoms with Crippen molar-refractivity contribution < 1.29 is 14.3 Å². The number of benzene rings is 2. The number of nitrogens with zero attached hydrogens (tertiary/aromatic N) is 3.